The average molecular weight is 237 g/mol. The van der Waals surface area contributed by atoms with Gasteiger partial charge in [0, 0.05) is 6.04 Å². The maximum Gasteiger partial charge on any atom is 0.163 e. The van der Waals surface area contributed by atoms with Crippen LogP contribution in [0.3, 0.4) is 0 Å². The van der Waals surface area contributed by atoms with Crippen molar-refractivity contribution in [2.24, 2.45) is 0 Å². The lowest BCUT2D eigenvalue weighted by Crippen LogP contribution is -2.25. The quantitative estimate of drug-likeness (QED) is 0.791. The lowest BCUT2D eigenvalue weighted by atomic mass is 10.0. The molecule has 17 heavy (non-hydrogen) atoms. The minimum atomic E-state index is 0.524. The van der Waals surface area contributed by atoms with Crippen LogP contribution in [0.5, 0.6) is 11.5 Å². The van der Waals surface area contributed by atoms with Crippen LogP contribution in [0.15, 0.2) is 18.2 Å². The molecular weight excluding hydrogens is 214 g/mol. The first-order valence-corrected chi connectivity index (χ1v) is 6.16. The van der Waals surface area contributed by atoms with Crippen molar-refractivity contribution in [2.45, 2.75) is 32.7 Å². The van der Waals surface area contributed by atoms with Crippen molar-refractivity contribution >= 4 is 0 Å². The van der Waals surface area contributed by atoms with Gasteiger partial charge in [-0.25, -0.2) is 0 Å². The second-order valence-electron chi connectivity index (χ2n) is 4.15. The molecule has 0 saturated carbocycles. The van der Waals surface area contributed by atoms with Crippen LogP contribution in [-0.4, -0.2) is 26.8 Å². The standard InChI is InChI=1S/C14H23NO2/c1-5-15-11(2)9-10-12-7-6-8-13(16-3)14(12)17-4/h6-8,11,15H,5,9-10H2,1-4H3. The first kappa shape index (κ1) is 13.8. The van der Waals surface area contributed by atoms with Crippen molar-refractivity contribution in [2.75, 3.05) is 20.8 Å². The van der Waals surface area contributed by atoms with Crippen LogP contribution < -0.4 is 14.8 Å². The molecule has 0 aliphatic carbocycles. The van der Waals surface area contributed by atoms with Crippen LogP contribution in [0.4, 0.5) is 0 Å². The molecule has 0 radical (unpaired) electrons. The monoisotopic (exact) mass is 237 g/mol. The molecule has 1 unspecified atom stereocenters. The molecule has 0 fully saturated rings. The van der Waals surface area contributed by atoms with Crippen LogP contribution in [0.2, 0.25) is 0 Å². The summed E-state index contributed by atoms with van der Waals surface area (Å²) in [6.07, 6.45) is 2.09. The second-order valence-corrected chi connectivity index (χ2v) is 4.15. The summed E-state index contributed by atoms with van der Waals surface area (Å²) in [5, 5.41) is 3.41. The fourth-order valence-corrected chi connectivity index (χ4v) is 1.97. The first-order valence-electron chi connectivity index (χ1n) is 6.16. The second kappa shape index (κ2) is 7.17. The minimum absolute atomic E-state index is 0.524. The maximum atomic E-state index is 5.41. The third kappa shape index (κ3) is 3.93. The molecule has 0 bridgehead atoms. The lowest BCUT2D eigenvalue weighted by Gasteiger charge is -2.15. The molecule has 0 amide bonds. The van der Waals surface area contributed by atoms with Gasteiger partial charge in [-0.1, -0.05) is 19.1 Å². The third-order valence-electron chi connectivity index (χ3n) is 2.88. The molecule has 1 N–H and O–H groups in total. The zero-order valence-electron chi connectivity index (χ0n) is 11.2. The Labute approximate surface area is 104 Å². The molecule has 1 aromatic carbocycles. The summed E-state index contributed by atoms with van der Waals surface area (Å²) in [4.78, 5) is 0. The Morgan fingerprint density at radius 1 is 1.24 bits per heavy atom. The molecule has 0 aliphatic rings. The highest BCUT2D eigenvalue weighted by atomic mass is 16.5. The third-order valence-corrected chi connectivity index (χ3v) is 2.88. The van der Waals surface area contributed by atoms with Gasteiger partial charge in [-0.3, -0.25) is 0 Å². The van der Waals surface area contributed by atoms with E-state index in [4.69, 9.17) is 9.47 Å². The Balaban J connectivity index is 2.70. The average Bonchev–Trinajstić information content (AvgIpc) is 2.36. The maximum absolute atomic E-state index is 5.41. The van der Waals surface area contributed by atoms with E-state index in [9.17, 15) is 0 Å². The number of hydrogen-bond donors (Lipinski definition) is 1. The van der Waals surface area contributed by atoms with Gasteiger partial charge in [0.05, 0.1) is 14.2 Å². The van der Waals surface area contributed by atoms with Gasteiger partial charge in [-0.05, 0) is 37.9 Å². The van der Waals surface area contributed by atoms with Gasteiger partial charge in [0.25, 0.3) is 0 Å². The molecule has 0 aliphatic heterocycles. The number of ether oxygens (including phenoxy) is 2. The summed E-state index contributed by atoms with van der Waals surface area (Å²) in [6, 6.07) is 6.56. The van der Waals surface area contributed by atoms with E-state index in [1.165, 1.54) is 5.56 Å². The summed E-state index contributed by atoms with van der Waals surface area (Å²) >= 11 is 0. The first-order chi connectivity index (χ1) is 8.22. The van der Waals surface area contributed by atoms with Crippen molar-refractivity contribution in [1.29, 1.82) is 0 Å². The van der Waals surface area contributed by atoms with Gasteiger partial charge in [-0.15, -0.1) is 0 Å². The topological polar surface area (TPSA) is 30.5 Å². The number of hydrogen-bond acceptors (Lipinski definition) is 3. The zero-order valence-corrected chi connectivity index (χ0v) is 11.2. The van der Waals surface area contributed by atoms with Crippen LogP contribution in [0.25, 0.3) is 0 Å². The molecule has 3 heteroatoms. The summed E-state index contributed by atoms with van der Waals surface area (Å²) in [7, 11) is 3.36. The number of aryl methyl sites for hydroxylation is 1. The van der Waals surface area contributed by atoms with Gasteiger partial charge in [0.1, 0.15) is 0 Å². The van der Waals surface area contributed by atoms with E-state index < -0.39 is 0 Å². The molecule has 0 aromatic heterocycles. The fourth-order valence-electron chi connectivity index (χ4n) is 1.97. The van der Waals surface area contributed by atoms with Crippen LogP contribution in [0.1, 0.15) is 25.8 Å². The summed E-state index contributed by atoms with van der Waals surface area (Å²) in [5.41, 5.74) is 1.21. The van der Waals surface area contributed by atoms with E-state index in [0.29, 0.717) is 6.04 Å². The highest BCUT2D eigenvalue weighted by Crippen LogP contribution is 2.31. The Kier molecular flexibility index (Phi) is 5.84. The number of nitrogens with one attached hydrogen (secondary N) is 1. The molecule has 0 saturated heterocycles. The molecule has 3 nitrogen and oxygen atoms in total. The van der Waals surface area contributed by atoms with E-state index >= 15 is 0 Å². The Morgan fingerprint density at radius 2 is 2.00 bits per heavy atom. The smallest absolute Gasteiger partial charge is 0.163 e. The van der Waals surface area contributed by atoms with Gasteiger partial charge >= 0.3 is 0 Å². The number of benzene rings is 1. The van der Waals surface area contributed by atoms with Gasteiger partial charge < -0.3 is 14.8 Å². The Morgan fingerprint density at radius 3 is 2.59 bits per heavy atom. The minimum Gasteiger partial charge on any atom is -0.493 e. The number of rotatable bonds is 7. The summed E-state index contributed by atoms with van der Waals surface area (Å²) < 4.78 is 10.7. The van der Waals surface area contributed by atoms with E-state index in [0.717, 1.165) is 30.9 Å². The Hall–Kier alpha value is -1.22. The van der Waals surface area contributed by atoms with Crippen molar-refractivity contribution in [3.63, 3.8) is 0 Å². The largest absolute Gasteiger partial charge is 0.493 e. The lowest BCUT2D eigenvalue weighted by molar-refractivity contribution is 0.350. The Bertz CT molecular complexity index is 339. The van der Waals surface area contributed by atoms with E-state index in [1.54, 1.807) is 14.2 Å². The van der Waals surface area contributed by atoms with Gasteiger partial charge in [-0.2, -0.15) is 0 Å². The van der Waals surface area contributed by atoms with E-state index in [1.807, 2.05) is 12.1 Å². The molecule has 0 heterocycles. The SMILES string of the molecule is CCNC(C)CCc1cccc(OC)c1OC. The predicted octanol–water partition coefficient (Wildman–Crippen LogP) is 2.63. The van der Waals surface area contributed by atoms with Crippen LogP contribution >= 0.6 is 0 Å². The molecule has 1 aromatic rings. The highest BCUT2D eigenvalue weighted by Gasteiger charge is 2.10. The van der Waals surface area contributed by atoms with Crippen molar-refractivity contribution in [1.82, 2.24) is 5.32 Å². The zero-order chi connectivity index (χ0) is 12.7. The summed E-state index contributed by atoms with van der Waals surface area (Å²) in [5.74, 6) is 1.67. The van der Waals surface area contributed by atoms with E-state index in [2.05, 4.69) is 25.2 Å². The van der Waals surface area contributed by atoms with Crippen LogP contribution in [0, 0.1) is 0 Å². The predicted molar refractivity (Wildman–Crippen MR) is 71.0 cm³/mol. The number of methoxy groups -OCH3 is 2. The van der Waals surface area contributed by atoms with Crippen molar-refractivity contribution in [3.8, 4) is 11.5 Å². The molecule has 0 spiro atoms. The van der Waals surface area contributed by atoms with Crippen molar-refractivity contribution < 1.29 is 9.47 Å². The summed E-state index contributed by atoms with van der Waals surface area (Å²) in [6.45, 7) is 5.34. The highest BCUT2D eigenvalue weighted by molar-refractivity contribution is 5.46. The fraction of sp³-hybridized carbons (Fsp3) is 0.571. The molecule has 1 atom stereocenters. The molecule has 1 rings (SSSR count). The van der Waals surface area contributed by atoms with Crippen LogP contribution in [-0.2, 0) is 6.42 Å². The molecule has 96 valence electrons. The number of para-hydroxylation sites is 1. The van der Waals surface area contributed by atoms with Crippen molar-refractivity contribution in [3.05, 3.63) is 23.8 Å². The van der Waals surface area contributed by atoms with E-state index in [-0.39, 0.29) is 0 Å². The van der Waals surface area contributed by atoms with Gasteiger partial charge in [0.15, 0.2) is 11.5 Å². The van der Waals surface area contributed by atoms with Gasteiger partial charge in [0.2, 0.25) is 0 Å². The normalized spacial score (nSPS) is 12.2. The molecular formula is C14H23NO2.